The third kappa shape index (κ3) is 5.64. The molecule has 0 fully saturated rings. The van der Waals surface area contributed by atoms with Gasteiger partial charge in [0.1, 0.15) is 5.78 Å². The van der Waals surface area contributed by atoms with Crippen LogP contribution in [-0.4, -0.2) is 22.9 Å². The zero-order chi connectivity index (χ0) is 11.3. The van der Waals surface area contributed by atoms with Crippen LogP contribution in [0.15, 0.2) is 11.6 Å². The number of nitrogens with zero attached hydrogens (tertiary/aromatic N) is 1. The average molecular weight is 226 g/mol. The van der Waals surface area contributed by atoms with Crippen LogP contribution < -0.4 is 5.32 Å². The first-order valence-corrected chi connectivity index (χ1v) is 6.00. The Balaban J connectivity index is 2.20. The van der Waals surface area contributed by atoms with E-state index < -0.39 is 0 Å². The highest BCUT2D eigenvalue weighted by Gasteiger charge is 2.10. The van der Waals surface area contributed by atoms with Crippen molar-refractivity contribution in [2.45, 2.75) is 39.2 Å². The number of nitrogens with one attached hydrogen (secondary N) is 1. The Morgan fingerprint density at radius 1 is 1.53 bits per heavy atom. The smallest absolute Gasteiger partial charge is 0.140 e. The van der Waals surface area contributed by atoms with Crippen molar-refractivity contribution in [3.63, 3.8) is 0 Å². The van der Waals surface area contributed by atoms with E-state index in [0.717, 1.165) is 11.6 Å². The van der Waals surface area contributed by atoms with Crippen molar-refractivity contribution in [3.05, 3.63) is 16.6 Å². The summed E-state index contributed by atoms with van der Waals surface area (Å²) in [5.41, 5.74) is 0.0848. The molecule has 0 amide bonds. The number of hydrogen-bond donors (Lipinski definition) is 1. The molecule has 1 aromatic heterocycles. The lowest BCUT2D eigenvalue weighted by atomic mass is 10.1. The Labute approximate surface area is 94.9 Å². The maximum absolute atomic E-state index is 11.5. The van der Waals surface area contributed by atoms with Crippen LogP contribution in [0.4, 0.5) is 0 Å². The predicted molar refractivity (Wildman–Crippen MR) is 63.2 cm³/mol. The van der Waals surface area contributed by atoms with Gasteiger partial charge in [0.2, 0.25) is 0 Å². The van der Waals surface area contributed by atoms with E-state index in [9.17, 15) is 4.79 Å². The van der Waals surface area contributed by atoms with E-state index in [1.807, 2.05) is 5.38 Å². The molecule has 1 aromatic rings. The minimum atomic E-state index is 0.0848. The number of carbonyl (C=O) groups excluding carboxylic acids is 1. The van der Waals surface area contributed by atoms with E-state index in [2.05, 4.69) is 31.1 Å². The zero-order valence-corrected chi connectivity index (χ0v) is 10.4. The normalized spacial score (nSPS) is 11.7. The largest absolute Gasteiger partial charge is 0.312 e. The first-order valence-electron chi connectivity index (χ1n) is 5.12. The van der Waals surface area contributed by atoms with Crippen LogP contribution in [0.5, 0.6) is 0 Å². The van der Waals surface area contributed by atoms with Gasteiger partial charge in [0.05, 0.1) is 11.4 Å². The third-order valence-corrected chi connectivity index (χ3v) is 2.67. The number of ketones is 1. The number of aromatic nitrogens is 1. The maximum Gasteiger partial charge on any atom is 0.140 e. The summed E-state index contributed by atoms with van der Waals surface area (Å²) in [7, 11) is 0. The number of hydrogen-bond acceptors (Lipinski definition) is 4. The topological polar surface area (TPSA) is 42.0 Å². The van der Waals surface area contributed by atoms with Gasteiger partial charge in [-0.1, -0.05) is 0 Å². The molecule has 3 nitrogen and oxygen atoms in total. The second-order valence-electron chi connectivity index (χ2n) is 4.57. The van der Waals surface area contributed by atoms with E-state index in [-0.39, 0.29) is 11.3 Å². The van der Waals surface area contributed by atoms with Crippen LogP contribution in [-0.2, 0) is 11.2 Å². The van der Waals surface area contributed by atoms with Crippen LogP contribution >= 0.6 is 11.3 Å². The van der Waals surface area contributed by atoms with Gasteiger partial charge in [0, 0.05) is 30.1 Å². The molecule has 0 spiro atoms. The molecule has 1 N–H and O–H groups in total. The number of rotatable bonds is 5. The molecular formula is C11H18N2OS. The first-order chi connectivity index (χ1) is 6.97. The van der Waals surface area contributed by atoms with Crippen LogP contribution in [0.25, 0.3) is 0 Å². The van der Waals surface area contributed by atoms with E-state index >= 15 is 0 Å². The lowest BCUT2D eigenvalue weighted by molar-refractivity contribution is -0.118. The molecule has 0 saturated carbocycles. The van der Waals surface area contributed by atoms with Gasteiger partial charge in [0.15, 0.2) is 0 Å². The summed E-state index contributed by atoms with van der Waals surface area (Å²) in [5, 5.41) is 6.11. The Morgan fingerprint density at radius 2 is 2.27 bits per heavy atom. The van der Waals surface area contributed by atoms with E-state index in [1.54, 1.807) is 6.20 Å². The summed E-state index contributed by atoms with van der Waals surface area (Å²) < 4.78 is 0. The van der Waals surface area contributed by atoms with Crippen molar-refractivity contribution < 1.29 is 4.79 Å². The summed E-state index contributed by atoms with van der Waals surface area (Å²) in [6, 6.07) is 0. The highest BCUT2D eigenvalue weighted by Crippen LogP contribution is 2.06. The molecule has 1 heterocycles. The highest BCUT2D eigenvalue weighted by molar-refractivity contribution is 7.09. The first kappa shape index (κ1) is 12.3. The van der Waals surface area contributed by atoms with E-state index in [0.29, 0.717) is 12.8 Å². The summed E-state index contributed by atoms with van der Waals surface area (Å²) in [6.07, 6.45) is 2.79. The van der Waals surface area contributed by atoms with Crippen molar-refractivity contribution in [1.29, 1.82) is 0 Å². The van der Waals surface area contributed by atoms with Gasteiger partial charge < -0.3 is 5.32 Å². The molecule has 0 aliphatic rings. The Bertz CT molecular complexity index is 301. The molecule has 0 saturated heterocycles. The molecule has 4 heteroatoms. The lowest BCUT2D eigenvalue weighted by Gasteiger charge is -2.19. The summed E-state index contributed by atoms with van der Waals surface area (Å²) in [5.74, 6) is 0.252. The van der Waals surface area contributed by atoms with Crippen molar-refractivity contribution in [3.8, 4) is 0 Å². The minimum Gasteiger partial charge on any atom is -0.312 e. The second kappa shape index (κ2) is 5.37. The minimum absolute atomic E-state index is 0.0848. The lowest BCUT2D eigenvalue weighted by Crippen LogP contribution is -2.37. The average Bonchev–Trinajstić information content (AvgIpc) is 2.54. The van der Waals surface area contributed by atoms with Crippen LogP contribution in [0.1, 0.15) is 32.2 Å². The fourth-order valence-corrected chi connectivity index (χ4v) is 1.82. The van der Waals surface area contributed by atoms with E-state index in [1.165, 1.54) is 11.3 Å². The van der Waals surface area contributed by atoms with Crippen LogP contribution in [0.3, 0.4) is 0 Å². The molecule has 0 aliphatic carbocycles. The Hall–Kier alpha value is -0.740. The van der Waals surface area contributed by atoms with Gasteiger partial charge in [0.25, 0.3) is 0 Å². The maximum atomic E-state index is 11.5. The Morgan fingerprint density at radius 3 is 2.80 bits per heavy atom. The summed E-state index contributed by atoms with van der Waals surface area (Å²) >= 11 is 1.54. The predicted octanol–water partition coefficient (Wildman–Crippen LogP) is 2.03. The fourth-order valence-electron chi connectivity index (χ4n) is 1.17. The monoisotopic (exact) mass is 226 g/mol. The summed E-state index contributed by atoms with van der Waals surface area (Å²) in [6.45, 7) is 7.03. The van der Waals surface area contributed by atoms with Gasteiger partial charge in [-0.2, -0.15) is 0 Å². The number of thiazole rings is 1. The quantitative estimate of drug-likeness (QED) is 0.835. The van der Waals surface area contributed by atoms with Gasteiger partial charge in [-0.25, -0.2) is 4.98 Å². The molecule has 0 aliphatic heterocycles. The van der Waals surface area contributed by atoms with Gasteiger partial charge >= 0.3 is 0 Å². The van der Waals surface area contributed by atoms with Crippen LogP contribution in [0, 0.1) is 0 Å². The molecule has 0 radical (unpaired) electrons. The summed E-state index contributed by atoms with van der Waals surface area (Å²) in [4.78, 5) is 15.6. The SMILES string of the molecule is CC(C)(C)NCCC(=O)Cc1nccs1. The highest BCUT2D eigenvalue weighted by atomic mass is 32.1. The molecule has 0 aromatic carbocycles. The third-order valence-electron chi connectivity index (χ3n) is 1.89. The van der Waals surface area contributed by atoms with E-state index in [4.69, 9.17) is 0 Å². The zero-order valence-electron chi connectivity index (χ0n) is 9.54. The molecular weight excluding hydrogens is 208 g/mol. The van der Waals surface area contributed by atoms with Crippen molar-refractivity contribution in [1.82, 2.24) is 10.3 Å². The molecule has 15 heavy (non-hydrogen) atoms. The molecule has 0 bridgehead atoms. The second-order valence-corrected chi connectivity index (χ2v) is 5.55. The number of Topliss-reactive ketones (excluding diaryl/α,β-unsaturated/α-hetero) is 1. The fraction of sp³-hybridized carbons (Fsp3) is 0.636. The van der Waals surface area contributed by atoms with Crippen molar-refractivity contribution in [2.24, 2.45) is 0 Å². The molecule has 0 unspecified atom stereocenters. The van der Waals surface area contributed by atoms with Crippen molar-refractivity contribution in [2.75, 3.05) is 6.54 Å². The molecule has 0 atom stereocenters. The standard InChI is InChI=1S/C11H18N2OS/c1-11(2,3)13-5-4-9(14)8-10-12-6-7-15-10/h6-7,13H,4-5,8H2,1-3H3. The van der Waals surface area contributed by atoms with Gasteiger partial charge in [-0.3, -0.25) is 4.79 Å². The van der Waals surface area contributed by atoms with Gasteiger partial charge in [-0.15, -0.1) is 11.3 Å². The number of carbonyl (C=O) groups is 1. The van der Waals surface area contributed by atoms with Crippen LogP contribution in [0.2, 0.25) is 0 Å². The molecule has 1 rings (SSSR count). The van der Waals surface area contributed by atoms with Crippen molar-refractivity contribution >= 4 is 17.1 Å². The Kier molecular flexibility index (Phi) is 4.42. The molecule has 84 valence electrons. The van der Waals surface area contributed by atoms with Gasteiger partial charge in [-0.05, 0) is 20.8 Å².